The molecule has 6 heteroatoms. The Hall–Kier alpha value is -2.37. The van der Waals surface area contributed by atoms with Crippen LogP contribution in [0.15, 0.2) is 24.3 Å². The van der Waals surface area contributed by atoms with Gasteiger partial charge in [0.25, 0.3) is 5.69 Å². The Morgan fingerprint density at radius 1 is 1.59 bits per heavy atom. The van der Waals surface area contributed by atoms with Crippen molar-refractivity contribution >= 4 is 17.7 Å². The molecular weight excluding hydrogens is 226 g/mol. The molecule has 1 N–H and O–H groups in total. The zero-order valence-electron chi connectivity index (χ0n) is 9.12. The summed E-state index contributed by atoms with van der Waals surface area (Å²) in [7, 11) is 0. The number of carboxylic acid groups (broad SMARTS) is 1. The molecule has 0 heterocycles. The van der Waals surface area contributed by atoms with E-state index in [1.54, 1.807) is 6.92 Å². The molecule has 0 aliphatic heterocycles. The number of hydrogen-bond acceptors (Lipinski definition) is 4. The molecule has 0 atom stereocenters. The lowest BCUT2D eigenvalue weighted by molar-refractivity contribution is -0.384. The average Bonchev–Trinajstić information content (AvgIpc) is 2.27. The fourth-order valence-electron chi connectivity index (χ4n) is 1.23. The van der Waals surface area contributed by atoms with E-state index in [0.717, 1.165) is 6.08 Å². The third-order valence-electron chi connectivity index (χ3n) is 1.91. The summed E-state index contributed by atoms with van der Waals surface area (Å²) in [5, 5.41) is 19.1. The third-order valence-corrected chi connectivity index (χ3v) is 1.91. The first kappa shape index (κ1) is 12.7. The van der Waals surface area contributed by atoms with E-state index >= 15 is 0 Å². The van der Waals surface area contributed by atoms with Crippen LogP contribution in [0.25, 0.3) is 6.08 Å². The molecule has 0 aliphatic carbocycles. The minimum atomic E-state index is -1.13. The van der Waals surface area contributed by atoms with Crippen molar-refractivity contribution in [2.75, 3.05) is 6.61 Å². The number of carbonyl (C=O) groups is 1. The van der Waals surface area contributed by atoms with Gasteiger partial charge in [0, 0.05) is 23.8 Å². The summed E-state index contributed by atoms with van der Waals surface area (Å²) in [6.07, 6.45) is 2.17. The van der Waals surface area contributed by atoms with E-state index in [-0.39, 0.29) is 5.69 Å². The fourth-order valence-corrected chi connectivity index (χ4v) is 1.23. The molecule has 0 radical (unpaired) electrons. The first-order valence-electron chi connectivity index (χ1n) is 4.87. The molecule has 6 nitrogen and oxygen atoms in total. The van der Waals surface area contributed by atoms with Gasteiger partial charge in [0.05, 0.1) is 11.5 Å². The minimum Gasteiger partial charge on any atom is -0.493 e. The van der Waals surface area contributed by atoms with Crippen molar-refractivity contribution in [2.45, 2.75) is 6.92 Å². The second-order valence-corrected chi connectivity index (χ2v) is 3.08. The van der Waals surface area contributed by atoms with Crippen LogP contribution in [0.1, 0.15) is 12.5 Å². The maximum Gasteiger partial charge on any atom is 0.328 e. The third kappa shape index (κ3) is 3.60. The highest BCUT2D eigenvalue weighted by molar-refractivity contribution is 5.86. The summed E-state index contributed by atoms with van der Waals surface area (Å²) in [6.45, 7) is 2.16. The molecule has 0 bridgehead atoms. The zero-order chi connectivity index (χ0) is 12.8. The average molecular weight is 237 g/mol. The Balaban J connectivity index is 3.15. The van der Waals surface area contributed by atoms with Gasteiger partial charge in [-0.2, -0.15) is 0 Å². The fraction of sp³-hybridized carbons (Fsp3) is 0.182. The number of hydrogen-bond donors (Lipinski definition) is 1. The van der Waals surface area contributed by atoms with Crippen LogP contribution in [0.5, 0.6) is 5.75 Å². The molecule has 0 unspecified atom stereocenters. The van der Waals surface area contributed by atoms with Crippen LogP contribution in [0.2, 0.25) is 0 Å². The van der Waals surface area contributed by atoms with Crippen LogP contribution in [0, 0.1) is 10.1 Å². The summed E-state index contributed by atoms with van der Waals surface area (Å²) in [4.78, 5) is 20.4. The van der Waals surface area contributed by atoms with Gasteiger partial charge in [0.2, 0.25) is 0 Å². The van der Waals surface area contributed by atoms with Crippen molar-refractivity contribution < 1.29 is 19.6 Å². The second-order valence-electron chi connectivity index (χ2n) is 3.08. The number of aliphatic carboxylic acids is 1. The highest BCUT2D eigenvalue weighted by Gasteiger charge is 2.09. The topological polar surface area (TPSA) is 89.7 Å². The van der Waals surface area contributed by atoms with Gasteiger partial charge in [-0.05, 0) is 19.1 Å². The van der Waals surface area contributed by atoms with Gasteiger partial charge in [0.15, 0.2) is 0 Å². The molecule has 1 rings (SSSR count). The zero-order valence-corrected chi connectivity index (χ0v) is 9.12. The van der Waals surface area contributed by atoms with Gasteiger partial charge in [-0.15, -0.1) is 0 Å². The number of non-ortho nitro benzene ring substituents is 1. The van der Waals surface area contributed by atoms with E-state index in [1.807, 2.05) is 0 Å². The van der Waals surface area contributed by atoms with Gasteiger partial charge < -0.3 is 9.84 Å². The predicted molar refractivity (Wildman–Crippen MR) is 60.9 cm³/mol. The second kappa shape index (κ2) is 5.64. The monoisotopic (exact) mass is 237 g/mol. The van der Waals surface area contributed by atoms with Gasteiger partial charge in [-0.3, -0.25) is 10.1 Å². The van der Waals surface area contributed by atoms with E-state index < -0.39 is 10.9 Å². The number of ether oxygens (including phenoxy) is 1. The van der Waals surface area contributed by atoms with Gasteiger partial charge in [-0.1, -0.05) is 0 Å². The van der Waals surface area contributed by atoms with Crippen molar-refractivity contribution in [2.24, 2.45) is 0 Å². The molecule has 0 saturated carbocycles. The standard InChI is InChI=1S/C11H11NO5/c1-2-17-10-5-4-9(12(15)16)7-8(10)3-6-11(13)14/h3-7H,2H2,1H3,(H,13,14)/b6-3+. The molecule has 90 valence electrons. The van der Waals surface area contributed by atoms with Crippen LogP contribution in [-0.4, -0.2) is 22.6 Å². The molecule has 0 spiro atoms. The van der Waals surface area contributed by atoms with Crippen molar-refractivity contribution in [1.29, 1.82) is 0 Å². The maximum atomic E-state index is 10.6. The molecule has 0 fully saturated rings. The Morgan fingerprint density at radius 3 is 2.82 bits per heavy atom. The molecule has 1 aromatic carbocycles. The Labute approximate surface area is 97.3 Å². The van der Waals surface area contributed by atoms with E-state index in [0.29, 0.717) is 17.9 Å². The number of rotatable bonds is 5. The number of carboxylic acids is 1. The Bertz CT molecular complexity index is 467. The van der Waals surface area contributed by atoms with Crippen molar-refractivity contribution in [3.63, 3.8) is 0 Å². The summed E-state index contributed by atoms with van der Waals surface area (Å²) in [5.74, 6) is -0.713. The molecule has 17 heavy (non-hydrogen) atoms. The summed E-state index contributed by atoms with van der Waals surface area (Å²) < 4.78 is 5.24. The van der Waals surface area contributed by atoms with Crippen LogP contribution in [0.3, 0.4) is 0 Å². The number of nitro groups is 1. The predicted octanol–water partition coefficient (Wildman–Crippen LogP) is 2.09. The minimum absolute atomic E-state index is 0.113. The lowest BCUT2D eigenvalue weighted by Gasteiger charge is -2.06. The quantitative estimate of drug-likeness (QED) is 0.481. The number of nitro benzene ring substituents is 1. The van der Waals surface area contributed by atoms with Crippen LogP contribution in [0.4, 0.5) is 5.69 Å². The van der Waals surface area contributed by atoms with Crippen LogP contribution in [-0.2, 0) is 4.79 Å². The van der Waals surface area contributed by atoms with E-state index in [1.165, 1.54) is 24.3 Å². The van der Waals surface area contributed by atoms with Crippen molar-refractivity contribution in [3.05, 3.63) is 40.0 Å². The molecule has 0 aromatic heterocycles. The van der Waals surface area contributed by atoms with E-state index in [4.69, 9.17) is 9.84 Å². The SMILES string of the molecule is CCOc1ccc([N+](=O)[O-])cc1/C=C/C(=O)O. The van der Waals surface area contributed by atoms with Gasteiger partial charge >= 0.3 is 5.97 Å². The largest absolute Gasteiger partial charge is 0.493 e. The Kier molecular flexibility index (Phi) is 4.21. The normalized spacial score (nSPS) is 10.4. The maximum absolute atomic E-state index is 10.6. The van der Waals surface area contributed by atoms with E-state index in [9.17, 15) is 14.9 Å². The van der Waals surface area contributed by atoms with Crippen molar-refractivity contribution in [1.82, 2.24) is 0 Å². The smallest absolute Gasteiger partial charge is 0.328 e. The summed E-state index contributed by atoms with van der Waals surface area (Å²) in [6, 6.07) is 4.02. The first-order chi connectivity index (χ1) is 8.04. The van der Waals surface area contributed by atoms with Crippen LogP contribution >= 0.6 is 0 Å². The highest BCUT2D eigenvalue weighted by atomic mass is 16.6. The number of nitrogens with zero attached hydrogens (tertiary/aromatic N) is 1. The highest BCUT2D eigenvalue weighted by Crippen LogP contribution is 2.25. The van der Waals surface area contributed by atoms with E-state index in [2.05, 4.69) is 0 Å². The molecular formula is C11H11NO5. The summed E-state index contributed by atoms with van der Waals surface area (Å²) >= 11 is 0. The Morgan fingerprint density at radius 2 is 2.29 bits per heavy atom. The van der Waals surface area contributed by atoms with Gasteiger partial charge in [-0.25, -0.2) is 4.79 Å². The first-order valence-corrected chi connectivity index (χ1v) is 4.87. The molecule has 0 amide bonds. The molecule has 1 aromatic rings. The number of benzene rings is 1. The van der Waals surface area contributed by atoms with Crippen LogP contribution < -0.4 is 4.74 Å². The molecule has 0 saturated heterocycles. The summed E-state index contributed by atoms with van der Waals surface area (Å²) in [5.41, 5.74) is 0.252. The lowest BCUT2D eigenvalue weighted by Crippen LogP contribution is -1.96. The van der Waals surface area contributed by atoms with Gasteiger partial charge in [0.1, 0.15) is 5.75 Å². The lowest BCUT2D eigenvalue weighted by atomic mass is 10.1. The molecule has 0 aliphatic rings. The van der Waals surface area contributed by atoms with Crippen molar-refractivity contribution in [3.8, 4) is 5.75 Å².